The zero-order valence-electron chi connectivity index (χ0n) is 10.9. The lowest BCUT2D eigenvalue weighted by Gasteiger charge is -2.39. The minimum absolute atomic E-state index is 0.211. The highest BCUT2D eigenvalue weighted by molar-refractivity contribution is 5.79. The molecule has 98 valence electrons. The van der Waals surface area contributed by atoms with Gasteiger partial charge in [-0.05, 0) is 31.8 Å². The fourth-order valence-corrected chi connectivity index (χ4v) is 2.88. The van der Waals surface area contributed by atoms with Crippen molar-refractivity contribution in [2.75, 3.05) is 32.8 Å². The summed E-state index contributed by atoms with van der Waals surface area (Å²) in [6, 6.07) is 0.290. The van der Waals surface area contributed by atoms with E-state index in [2.05, 4.69) is 24.1 Å². The molecule has 1 amide bonds. The molecule has 17 heavy (non-hydrogen) atoms. The zero-order valence-corrected chi connectivity index (χ0v) is 10.9. The topological polar surface area (TPSA) is 41.6 Å². The van der Waals surface area contributed by atoms with Gasteiger partial charge in [-0.1, -0.05) is 13.8 Å². The molecule has 0 spiro atoms. The van der Waals surface area contributed by atoms with E-state index < -0.39 is 0 Å². The van der Waals surface area contributed by atoms with E-state index in [9.17, 15) is 4.79 Å². The van der Waals surface area contributed by atoms with Gasteiger partial charge in [0.1, 0.15) is 0 Å². The lowest BCUT2D eigenvalue weighted by atomic mass is 9.86. The molecule has 0 aliphatic carbocycles. The summed E-state index contributed by atoms with van der Waals surface area (Å²) in [6.45, 7) is 8.43. The number of amides is 1. The molecule has 2 fully saturated rings. The Balaban J connectivity index is 2.01. The molecule has 3 unspecified atom stereocenters. The third-order valence-electron chi connectivity index (χ3n) is 4.08. The molecule has 3 atom stereocenters. The first-order valence-electron chi connectivity index (χ1n) is 6.83. The molecule has 0 bridgehead atoms. The van der Waals surface area contributed by atoms with Gasteiger partial charge in [0.2, 0.25) is 5.91 Å². The predicted molar refractivity (Wildman–Crippen MR) is 66.8 cm³/mol. The molecule has 0 aromatic heterocycles. The van der Waals surface area contributed by atoms with Crippen LogP contribution in [0, 0.1) is 11.8 Å². The summed E-state index contributed by atoms with van der Waals surface area (Å²) in [4.78, 5) is 14.6. The third kappa shape index (κ3) is 2.80. The van der Waals surface area contributed by atoms with Gasteiger partial charge >= 0.3 is 0 Å². The maximum atomic E-state index is 12.6. The Morgan fingerprint density at radius 3 is 3.06 bits per heavy atom. The highest BCUT2D eigenvalue weighted by atomic mass is 16.5. The second-order valence-corrected chi connectivity index (χ2v) is 5.25. The van der Waals surface area contributed by atoms with Crippen molar-refractivity contribution in [2.24, 2.45) is 11.8 Å². The Labute approximate surface area is 104 Å². The number of hydrogen-bond donors (Lipinski definition) is 1. The fraction of sp³-hybridized carbons (Fsp3) is 0.923. The van der Waals surface area contributed by atoms with Gasteiger partial charge in [-0.2, -0.15) is 0 Å². The van der Waals surface area contributed by atoms with Crippen LogP contribution < -0.4 is 5.32 Å². The van der Waals surface area contributed by atoms with Gasteiger partial charge in [-0.3, -0.25) is 4.79 Å². The predicted octanol–water partition coefficient (Wildman–Crippen LogP) is 0.869. The van der Waals surface area contributed by atoms with Crippen LogP contribution in [0.2, 0.25) is 0 Å². The van der Waals surface area contributed by atoms with Crippen LogP contribution >= 0.6 is 0 Å². The second kappa shape index (κ2) is 5.83. The Morgan fingerprint density at radius 1 is 1.53 bits per heavy atom. The Hall–Kier alpha value is -0.610. The minimum atomic E-state index is 0.211. The molecule has 0 radical (unpaired) electrons. The number of nitrogens with one attached hydrogen (secondary N) is 1. The number of morpholine rings is 1. The van der Waals surface area contributed by atoms with Gasteiger partial charge in [0, 0.05) is 12.5 Å². The molecule has 0 saturated carbocycles. The summed E-state index contributed by atoms with van der Waals surface area (Å²) in [5.74, 6) is 1.02. The largest absolute Gasteiger partial charge is 0.377 e. The van der Waals surface area contributed by atoms with Crippen LogP contribution in [0.5, 0.6) is 0 Å². The first kappa shape index (κ1) is 12.8. The van der Waals surface area contributed by atoms with Gasteiger partial charge in [0.05, 0.1) is 19.3 Å². The maximum absolute atomic E-state index is 12.6. The molecule has 2 aliphatic rings. The number of rotatable bonds is 2. The van der Waals surface area contributed by atoms with E-state index in [1.54, 1.807) is 0 Å². The van der Waals surface area contributed by atoms with Crippen LogP contribution in [-0.2, 0) is 9.53 Å². The van der Waals surface area contributed by atoms with Crippen molar-refractivity contribution in [2.45, 2.75) is 32.7 Å². The molecule has 1 N–H and O–H groups in total. The lowest BCUT2D eigenvalue weighted by Crippen LogP contribution is -2.53. The van der Waals surface area contributed by atoms with Gasteiger partial charge in [0.15, 0.2) is 0 Å². The van der Waals surface area contributed by atoms with Gasteiger partial charge < -0.3 is 15.0 Å². The van der Waals surface area contributed by atoms with Crippen molar-refractivity contribution >= 4 is 5.91 Å². The highest BCUT2D eigenvalue weighted by Crippen LogP contribution is 2.23. The standard InChI is InChI=1S/C13H24N2O2/c1-3-11-9-17-7-6-15(11)13(16)12-4-5-14-8-10(12)2/h10-12,14H,3-9H2,1-2H3. The number of carbonyl (C=O) groups excluding carboxylic acids is 1. The van der Waals surface area contributed by atoms with Crippen molar-refractivity contribution in [3.05, 3.63) is 0 Å². The maximum Gasteiger partial charge on any atom is 0.226 e. The molecule has 0 aromatic rings. The molecular weight excluding hydrogens is 216 g/mol. The van der Waals surface area contributed by atoms with Gasteiger partial charge in [-0.25, -0.2) is 0 Å². The van der Waals surface area contributed by atoms with Crippen LogP contribution in [0.4, 0.5) is 0 Å². The Kier molecular flexibility index (Phi) is 4.40. The first-order valence-corrected chi connectivity index (χ1v) is 6.83. The molecule has 4 heteroatoms. The van der Waals surface area contributed by atoms with E-state index in [-0.39, 0.29) is 5.92 Å². The lowest BCUT2D eigenvalue weighted by molar-refractivity contribution is -0.146. The summed E-state index contributed by atoms with van der Waals surface area (Å²) in [7, 11) is 0. The van der Waals surface area contributed by atoms with Crippen LogP contribution in [0.25, 0.3) is 0 Å². The second-order valence-electron chi connectivity index (χ2n) is 5.25. The quantitative estimate of drug-likeness (QED) is 0.778. The monoisotopic (exact) mass is 240 g/mol. The molecule has 4 nitrogen and oxygen atoms in total. The number of piperidine rings is 1. The van der Waals surface area contributed by atoms with Crippen LogP contribution in [0.1, 0.15) is 26.7 Å². The first-order chi connectivity index (χ1) is 8.24. The van der Waals surface area contributed by atoms with E-state index in [1.807, 2.05) is 0 Å². The number of ether oxygens (including phenoxy) is 1. The molecule has 2 saturated heterocycles. The number of hydrogen-bond acceptors (Lipinski definition) is 3. The van der Waals surface area contributed by atoms with Gasteiger partial charge in [0.25, 0.3) is 0 Å². The van der Waals surface area contributed by atoms with Crippen molar-refractivity contribution in [3.63, 3.8) is 0 Å². The van der Waals surface area contributed by atoms with E-state index >= 15 is 0 Å². The van der Waals surface area contributed by atoms with E-state index in [0.717, 1.165) is 32.5 Å². The Morgan fingerprint density at radius 2 is 2.35 bits per heavy atom. The van der Waals surface area contributed by atoms with Crippen LogP contribution in [0.3, 0.4) is 0 Å². The van der Waals surface area contributed by atoms with Crippen LogP contribution in [0.15, 0.2) is 0 Å². The number of carbonyl (C=O) groups is 1. The molecule has 2 aliphatic heterocycles. The van der Waals surface area contributed by atoms with E-state index in [0.29, 0.717) is 31.1 Å². The van der Waals surface area contributed by atoms with E-state index in [1.165, 1.54) is 0 Å². The fourth-order valence-electron chi connectivity index (χ4n) is 2.88. The van der Waals surface area contributed by atoms with Crippen molar-refractivity contribution in [1.82, 2.24) is 10.2 Å². The molecular formula is C13H24N2O2. The highest BCUT2D eigenvalue weighted by Gasteiger charge is 2.34. The average Bonchev–Trinajstić information content (AvgIpc) is 2.38. The smallest absolute Gasteiger partial charge is 0.226 e. The minimum Gasteiger partial charge on any atom is -0.377 e. The molecule has 0 aromatic carbocycles. The molecule has 2 rings (SSSR count). The van der Waals surface area contributed by atoms with Crippen molar-refractivity contribution in [3.8, 4) is 0 Å². The summed E-state index contributed by atoms with van der Waals surface area (Å²) in [5, 5.41) is 3.35. The SMILES string of the molecule is CCC1COCCN1C(=O)C1CCNCC1C. The third-order valence-corrected chi connectivity index (χ3v) is 4.08. The summed E-state index contributed by atoms with van der Waals surface area (Å²) in [5.41, 5.74) is 0. The van der Waals surface area contributed by atoms with Crippen molar-refractivity contribution in [1.29, 1.82) is 0 Å². The summed E-state index contributed by atoms with van der Waals surface area (Å²) >= 11 is 0. The zero-order chi connectivity index (χ0) is 12.3. The van der Waals surface area contributed by atoms with Crippen LogP contribution in [-0.4, -0.2) is 49.7 Å². The summed E-state index contributed by atoms with van der Waals surface area (Å²) in [6.07, 6.45) is 1.97. The summed E-state index contributed by atoms with van der Waals surface area (Å²) < 4.78 is 5.46. The normalized spacial score (nSPS) is 34.7. The van der Waals surface area contributed by atoms with Crippen molar-refractivity contribution < 1.29 is 9.53 Å². The average molecular weight is 240 g/mol. The van der Waals surface area contributed by atoms with E-state index in [4.69, 9.17) is 4.74 Å². The van der Waals surface area contributed by atoms with Gasteiger partial charge in [-0.15, -0.1) is 0 Å². The number of nitrogens with zero attached hydrogens (tertiary/aromatic N) is 1. The molecule has 2 heterocycles. The Bertz CT molecular complexity index is 270.